The van der Waals surface area contributed by atoms with Gasteiger partial charge in [0.15, 0.2) is 5.75 Å². The van der Waals surface area contributed by atoms with E-state index in [1.165, 1.54) is 0 Å². The van der Waals surface area contributed by atoms with Gasteiger partial charge in [-0.2, -0.15) is 5.26 Å². The number of carbonyl (C=O) groups excluding carboxylic acids is 1. The fraction of sp³-hybridized carbons (Fsp3) is 0.176. The summed E-state index contributed by atoms with van der Waals surface area (Å²) in [4.78, 5) is 11.2. The van der Waals surface area contributed by atoms with Gasteiger partial charge in [0.25, 0.3) is 0 Å². The Morgan fingerprint density at radius 1 is 1.12 bits per heavy atom. The van der Waals surface area contributed by atoms with Gasteiger partial charge in [0.2, 0.25) is 5.91 Å². The van der Waals surface area contributed by atoms with Crippen molar-refractivity contribution in [2.45, 2.75) is 12.8 Å². The maximum atomic E-state index is 11.2. The second kappa shape index (κ2) is 8.79. The third-order valence-electron chi connectivity index (χ3n) is 3.08. The molecule has 1 N–H and O–H groups in total. The lowest BCUT2D eigenvalue weighted by Gasteiger charge is -2.10. The molecular weight excluding hydrogens is 371 g/mol. The molecule has 7 heteroatoms. The Labute approximate surface area is 154 Å². The summed E-state index contributed by atoms with van der Waals surface area (Å²) in [6, 6.07) is 12.2. The molecule has 0 atom stereocenters. The minimum atomic E-state index is -0.274. The first-order chi connectivity index (χ1) is 11.5. The third-order valence-corrected chi connectivity index (χ3v) is 3.86. The van der Waals surface area contributed by atoms with Crippen molar-refractivity contribution >= 4 is 40.7 Å². The van der Waals surface area contributed by atoms with E-state index in [0.29, 0.717) is 39.5 Å². The summed E-state index contributed by atoms with van der Waals surface area (Å²) >= 11 is 18.0. The van der Waals surface area contributed by atoms with Crippen LogP contribution >= 0.6 is 34.8 Å². The Balaban J connectivity index is 1.95. The number of nitrogens with zero attached hydrogens (tertiary/aromatic N) is 1. The molecule has 0 fully saturated rings. The number of nitrogens with one attached hydrogen (secondary N) is 1. The van der Waals surface area contributed by atoms with Gasteiger partial charge in [-0.15, -0.1) is 0 Å². The normalized spacial score (nSPS) is 10.1. The van der Waals surface area contributed by atoms with Crippen LogP contribution in [0.25, 0.3) is 0 Å². The van der Waals surface area contributed by atoms with E-state index in [0.717, 1.165) is 5.56 Å². The standard InChI is InChI=1S/C17H13Cl3N2O2/c18-12-9-14(19)17(15(20)10-12)24-13-3-1-11(2-4-13)6-8-22-16(23)5-7-21/h1-4,9-10H,5-6,8H2,(H,22,23). The fourth-order valence-electron chi connectivity index (χ4n) is 1.95. The molecule has 0 aromatic heterocycles. The lowest BCUT2D eigenvalue weighted by Crippen LogP contribution is -2.24. The van der Waals surface area contributed by atoms with Crippen LogP contribution in [-0.4, -0.2) is 12.5 Å². The molecule has 0 aliphatic heterocycles. The molecule has 2 aromatic rings. The summed E-state index contributed by atoms with van der Waals surface area (Å²) in [6.07, 6.45) is 0.523. The minimum absolute atomic E-state index is 0.130. The van der Waals surface area contributed by atoms with Gasteiger partial charge in [-0.25, -0.2) is 0 Å². The highest BCUT2D eigenvalue weighted by Crippen LogP contribution is 2.38. The van der Waals surface area contributed by atoms with Crippen molar-refractivity contribution in [3.63, 3.8) is 0 Å². The molecule has 0 aliphatic rings. The molecule has 1 amide bonds. The summed E-state index contributed by atoms with van der Waals surface area (Å²) in [7, 11) is 0. The largest absolute Gasteiger partial charge is 0.454 e. The van der Waals surface area contributed by atoms with E-state index < -0.39 is 0 Å². The molecule has 2 rings (SSSR count). The third kappa shape index (κ3) is 5.31. The van der Waals surface area contributed by atoms with Gasteiger partial charge < -0.3 is 10.1 Å². The first-order valence-corrected chi connectivity index (χ1v) is 8.18. The number of rotatable bonds is 6. The zero-order valence-electron chi connectivity index (χ0n) is 12.5. The highest BCUT2D eigenvalue weighted by Gasteiger charge is 2.10. The van der Waals surface area contributed by atoms with E-state index in [4.69, 9.17) is 44.8 Å². The molecule has 0 saturated carbocycles. The number of nitriles is 1. The number of ether oxygens (including phenoxy) is 1. The predicted molar refractivity (Wildman–Crippen MR) is 94.9 cm³/mol. The maximum Gasteiger partial charge on any atom is 0.234 e. The minimum Gasteiger partial charge on any atom is -0.454 e. The Morgan fingerprint density at radius 2 is 1.75 bits per heavy atom. The van der Waals surface area contributed by atoms with Crippen LogP contribution in [0.4, 0.5) is 0 Å². The van der Waals surface area contributed by atoms with E-state index in [1.807, 2.05) is 12.1 Å². The number of hydrogen-bond donors (Lipinski definition) is 1. The second-order valence-corrected chi connectivity index (χ2v) is 6.13. The van der Waals surface area contributed by atoms with Crippen LogP contribution in [-0.2, 0) is 11.2 Å². The zero-order valence-corrected chi connectivity index (χ0v) is 14.8. The van der Waals surface area contributed by atoms with Crippen LogP contribution in [0.5, 0.6) is 11.5 Å². The van der Waals surface area contributed by atoms with Crippen LogP contribution in [0.15, 0.2) is 36.4 Å². The van der Waals surface area contributed by atoms with Crippen molar-refractivity contribution in [3.8, 4) is 17.6 Å². The molecule has 24 heavy (non-hydrogen) atoms. The number of benzene rings is 2. The molecule has 0 unspecified atom stereocenters. The van der Waals surface area contributed by atoms with Gasteiger partial charge in [-0.3, -0.25) is 4.79 Å². The van der Waals surface area contributed by atoms with Crippen molar-refractivity contribution in [2.24, 2.45) is 0 Å². The van der Waals surface area contributed by atoms with Gasteiger partial charge in [0, 0.05) is 11.6 Å². The Kier molecular flexibility index (Phi) is 6.74. The zero-order chi connectivity index (χ0) is 17.5. The van der Waals surface area contributed by atoms with Gasteiger partial charge in [-0.1, -0.05) is 46.9 Å². The van der Waals surface area contributed by atoms with Crippen LogP contribution in [0.3, 0.4) is 0 Å². The lowest BCUT2D eigenvalue weighted by atomic mass is 10.1. The molecule has 0 saturated heterocycles. The Morgan fingerprint density at radius 3 is 2.33 bits per heavy atom. The maximum absolute atomic E-state index is 11.2. The summed E-state index contributed by atoms with van der Waals surface area (Å²) in [6.45, 7) is 0.468. The molecule has 0 aliphatic carbocycles. The molecule has 0 radical (unpaired) electrons. The first-order valence-electron chi connectivity index (χ1n) is 7.04. The molecule has 4 nitrogen and oxygen atoms in total. The van der Waals surface area contributed by atoms with Gasteiger partial charge in [0.05, 0.1) is 16.1 Å². The smallest absolute Gasteiger partial charge is 0.234 e. The van der Waals surface area contributed by atoms with E-state index >= 15 is 0 Å². The molecule has 0 heterocycles. The number of amides is 1. The van der Waals surface area contributed by atoms with Crippen molar-refractivity contribution in [1.82, 2.24) is 5.32 Å². The Bertz CT molecular complexity index is 747. The summed E-state index contributed by atoms with van der Waals surface area (Å²) < 4.78 is 5.70. The summed E-state index contributed by atoms with van der Waals surface area (Å²) in [5.41, 5.74) is 1.02. The van der Waals surface area contributed by atoms with Crippen LogP contribution in [0, 0.1) is 11.3 Å². The van der Waals surface area contributed by atoms with E-state index in [-0.39, 0.29) is 12.3 Å². The van der Waals surface area contributed by atoms with Gasteiger partial charge >= 0.3 is 0 Å². The van der Waals surface area contributed by atoms with Crippen molar-refractivity contribution < 1.29 is 9.53 Å². The average molecular weight is 384 g/mol. The number of halogens is 3. The predicted octanol–water partition coefficient (Wildman–Crippen LogP) is 5.01. The molecule has 124 valence electrons. The van der Waals surface area contributed by atoms with Crippen molar-refractivity contribution in [3.05, 3.63) is 57.0 Å². The second-order valence-electron chi connectivity index (χ2n) is 4.88. The Hall–Kier alpha value is -1.93. The highest BCUT2D eigenvalue weighted by atomic mass is 35.5. The summed E-state index contributed by atoms with van der Waals surface area (Å²) in [5, 5.41) is 12.2. The van der Waals surface area contributed by atoms with Crippen LogP contribution < -0.4 is 10.1 Å². The molecule has 2 aromatic carbocycles. The van der Waals surface area contributed by atoms with E-state index in [2.05, 4.69) is 5.32 Å². The fourth-order valence-corrected chi connectivity index (χ4v) is 2.84. The number of carbonyl (C=O) groups is 1. The van der Waals surface area contributed by atoms with Gasteiger partial charge in [0.1, 0.15) is 12.2 Å². The monoisotopic (exact) mass is 382 g/mol. The lowest BCUT2D eigenvalue weighted by molar-refractivity contribution is -0.120. The highest BCUT2D eigenvalue weighted by molar-refractivity contribution is 6.40. The van der Waals surface area contributed by atoms with Gasteiger partial charge in [-0.05, 0) is 36.2 Å². The summed E-state index contributed by atoms with van der Waals surface area (Å²) in [5.74, 6) is 0.655. The molecule has 0 bridgehead atoms. The molecule has 0 spiro atoms. The SMILES string of the molecule is N#CCC(=O)NCCc1ccc(Oc2c(Cl)cc(Cl)cc2Cl)cc1. The average Bonchev–Trinajstić information content (AvgIpc) is 2.52. The van der Waals surface area contributed by atoms with Crippen LogP contribution in [0.1, 0.15) is 12.0 Å². The van der Waals surface area contributed by atoms with E-state index in [1.54, 1.807) is 30.3 Å². The van der Waals surface area contributed by atoms with Crippen LogP contribution in [0.2, 0.25) is 15.1 Å². The first kappa shape index (κ1) is 18.4. The van der Waals surface area contributed by atoms with E-state index in [9.17, 15) is 4.79 Å². The number of hydrogen-bond acceptors (Lipinski definition) is 3. The molecular formula is C17H13Cl3N2O2. The van der Waals surface area contributed by atoms with Crippen molar-refractivity contribution in [2.75, 3.05) is 6.54 Å². The quantitative estimate of drug-likeness (QED) is 0.762. The topological polar surface area (TPSA) is 62.1 Å². The van der Waals surface area contributed by atoms with Crippen molar-refractivity contribution in [1.29, 1.82) is 5.26 Å².